The zero-order chi connectivity index (χ0) is 22.4. The van der Waals surface area contributed by atoms with Crippen LogP contribution in [0, 0.1) is 0 Å². The van der Waals surface area contributed by atoms with E-state index in [9.17, 15) is 19.2 Å². The molecule has 0 saturated carbocycles. The molecule has 4 amide bonds. The molecule has 2 aromatic carbocycles. The minimum absolute atomic E-state index is 0.0204. The number of aliphatic hydroxyl groups excluding tert-OH is 2. The van der Waals surface area contributed by atoms with Gasteiger partial charge in [0.05, 0.1) is 22.3 Å². The van der Waals surface area contributed by atoms with Gasteiger partial charge in [-0.2, -0.15) is 0 Å². The Balaban J connectivity index is 0.000000176. The summed E-state index contributed by atoms with van der Waals surface area (Å²) in [4.78, 5) is 49.6. The van der Waals surface area contributed by atoms with Gasteiger partial charge in [0.25, 0.3) is 23.6 Å². The van der Waals surface area contributed by atoms with E-state index in [0.29, 0.717) is 48.1 Å². The summed E-state index contributed by atoms with van der Waals surface area (Å²) in [5.74, 6) is -0.967. The van der Waals surface area contributed by atoms with E-state index in [4.69, 9.17) is 10.2 Å². The fraction of sp³-hybridized carbons (Fsp3) is 0.304. The number of carbonyl (C=O) groups excluding carboxylic acids is 4. The first-order chi connectivity index (χ1) is 15.0. The molecule has 0 unspecified atom stereocenters. The van der Waals surface area contributed by atoms with E-state index in [1.807, 2.05) is 0 Å². The highest BCUT2D eigenvalue weighted by atomic mass is 16.3. The molecule has 2 N–H and O–H groups in total. The molecule has 8 nitrogen and oxygen atoms in total. The first-order valence-electron chi connectivity index (χ1n) is 10.1. The third kappa shape index (κ3) is 4.55. The molecule has 2 aliphatic rings. The predicted octanol–water partition coefficient (Wildman–Crippen LogP) is 1.72. The van der Waals surface area contributed by atoms with Crippen molar-refractivity contribution in [1.82, 2.24) is 9.80 Å². The van der Waals surface area contributed by atoms with E-state index in [-0.39, 0.29) is 43.4 Å². The van der Waals surface area contributed by atoms with Crippen molar-refractivity contribution < 1.29 is 29.4 Å². The summed E-state index contributed by atoms with van der Waals surface area (Å²) in [5, 5.41) is 17.3. The number of benzene rings is 2. The second kappa shape index (κ2) is 10.1. The molecule has 2 aromatic rings. The zero-order valence-electron chi connectivity index (χ0n) is 17.0. The van der Waals surface area contributed by atoms with Crippen molar-refractivity contribution in [3.63, 3.8) is 0 Å². The van der Waals surface area contributed by atoms with Crippen molar-refractivity contribution in [3.8, 4) is 0 Å². The molecule has 0 atom stereocenters. The van der Waals surface area contributed by atoms with Crippen molar-refractivity contribution in [2.24, 2.45) is 0 Å². The molecule has 0 fully saturated rings. The lowest BCUT2D eigenvalue weighted by atomic mass is 10.1. The maximum Gasteiger partial charge on any atom is 0.261 e. The third-order valence-corrected chi connectivity index (χ3v) is 5.09. The van der Waals surface area contributed by atoms with Crippen molar-refractivity contribution in [2.45, 2.75) is 19.3 Å². The summed E-state index contributed by atoms with van der Waals surface area (Å²) in [6.07, 6.45) is 1.67. The van der Waals surface area contributed by atoms with E-state index in [0.717, 1.165) is 0 Å². The molecule has 162 valence electrons. The van der Waals surface area contributed by atoms with Crippen LogP contribution in [0.25, 0.3) is 0 Å². The van der Waals surface area contributed by atoms with Gasteiger partial charge in [-0.1, -0.05) is 24.3 Å². The lowest BCUT2D eigenvalue weighted by Crippen LogP contribution is -2.31. The third-order valence-electron chi connectivity index (χ3n) is 5.09. The van der Waals surface area contributed by atoms with Crippen LogP contribution in [0.5, 0.6) is 0 Å². The number of amides is 4. The van der Waals surface area contributed by atoms with Gasteiger partial charge in [-0.25, -0.2) is 0 Å². The summed E-state index contributed by atoms with van der Waals surface area (Å²) in [7, 11) is 0. The van der Waals surface area contributed by atoms with E-state index < -0.39 is 0 Å². The summed E-state index contributed by atoms with van der Waals surface area (Å²) in [5.41, 5.74) is 1.88. The van der Waals surface area contributed by atoms with Gasteiger partial charge in [0.1, 0.15) is 0 Å². The second-order valence-corrected chi connectivity index (χ2v) is 7.12. The number of hydrogen-bond donors (Lipinski definition) is 2. The molecule has 0 saturated heterocycles. The molecule has 0 aliphatic carbocycles. The quantitative estimate of drug-likeness (QED) is 0.517. The summed E-state index contributed by atoms with van der Waals surface area (Å²) >= 11 is 0. The van der Waals surface area contributed by atoms with Gasteiger partial charge < -0.3 is 10.2 Å². The Labute approximate surface area is 179 Å². The molecule has 8 heteroatoms. The van der Waals surface area contributed by atoms with E-state index in [1.165, 1.54) is 9.80 Å². The Kier molecular flexibility index (Phi) is 7.28. The highest BCUT2D eigenvalue weighted by Gasteiger charge is 2.35. The van der Waals surface area contributed by atoms with Crippen LogP contribution in [0.2, 0.25) is 0 Å². The first-order valence-corrected chi connectivity index (χ1v) is 10.1. The zero-order valence-corrected chi connectivity index (χ0v) is 17.0. The first kappa shape index (κ1) is 22.3. The fourth-order valence-corrected chi connectivity index (χ4v) is 3.49. The maximum absolute atomic E-state index is 11.8. The number of fused-ring (bicyclic) bond motifs is 2. The summed E-state index contributed by atoms with van der Waals surface area (Å²) in [6.45, 7) is 0.728. The molecular weight excluding hydrogens is 400 g/mol. The van der Waals surface area contributed by atoms with Gasteiger partial charge in [0.15, 0.2) is 0 Å². The minimum atomic E-state index is -0.260. The van der Waals surface area contributed by atoms with Crippen LogP contribution in [-0.4, -0.2) is 69.9 Å². The fourth-order valence-electron chi connectivity index (χ4n) is 3.49. The van der Waals surface area contributed by atoms with Crippen molar-refractivity contribution in [2.75, 3.05) is 26.3 Å². The Morgan fingerprint density at radius 2 is 0.839 bits per heavy atom. The van der Waals surface area contributed by atoms with Gasteiger partial charge in [-0.05, 0) is 43.5 Å². The number of nitrogens with zero attached hydrogens (tertiary/aromatic N) is 2. The molecule has 2 aliphatic heterocycles. The van der Waals surface area contributed by atoms with Crippen molar-refractivity contribution in [1.29, 1.82) is 0 Å². The lowest BCUT2D eigenvalue weighted by molar-refractivity contribution is 0.0631. The van der Waals surface area contributed by atoms with E-state index >= 15 is 0 Å². The molecular formula is C23H24N2O6. The van der Waals surface area contributed by atoms with Gasteiger partial charge in [-0.15, -0.1) is 0 Å². The Bertz CT molecular complexity index is 933. The van der Waals surface area contributed by atoms with Crippen LogP contribution >= 0.6 is 0 Å². The van der Waals surface area contributed by atoms with E-state index in [1.54, 1.807) is 48.5 Å². The number of rotatable bonds is 7. The molecule has 31 heavy (non-hydrogen) atoms. The predicted molar refractivity (Wildman–Crippen MR) is 112 cm³/mol. The van der Waals surface area contributed by atoms with Crippen molar-refractivity contribution in [3.05, 3.63) is 70.8 Å². The Morgan fingerprint density at radius 1 is 0.516 bits per heavy atom. The van der Waals surface area contributed by atoms with Gasteiger partial charge in [0.2, 0.25) is 0 Å². The topological polar surface area (TPSA) is 115 Å². The number of imide groups is 2. The van der Waals surface area contributed by atoms with Gasteiger partial charge in [-0.3, -0.25) is 29.0 Å². The number of hydrogen-bond acceptors (Lipinski definition) is 6. The van der Waals surface area contributed by atoms with Gasteiger partial charge in [0, 0.05) is 26.3 Å². The largest absolute Gasteiger partial charge is 0.396 e. The molecule has 0 radical (unpaired) electrons. The number of aliphatic hydroxyl groups is 2. The van der Waals surface area contributed by atoms with Crippen LogP contribution < -0.4 is 0 Å². The Hall–Kier alpha value is -3.36. The van der Waals surface area contributed by atoms with Crippen LogP contribution in [0.15, 0.2) is 48.5 Å². The van der Waals surface area contributed by atoms with E-state index in [2.05, 4.69) is 0 Å². The van der Waals surface area contributed by atoms with Crippen LogP contribution in [0.1, 0.15) is 60.7 Å². The van der Waals surface area contributed by atoms with Crippen LogP contribution in [0.3, 0.4) is 0 Å². The van der Waals surface area contributed by atoms with Gasteiger partial charge >= 0.3 is 0 Å². The highest BCUT2D eigenvalue weighted by Crippen LogP contribution is 2.23. The standard InChI is InChI=1S/C12H13NO3.C11H11NO3/c14-8-4-3-7-13-11(15)9-5-1-2-6-10(9)12(13)16;13-7-3-6-12-10(14)8-4-1-2-5-9(8)11(12)15/h1-2,5-6,14H,3-4,7-8H2;1-2,4-5,13H,3,6-7H2. The van der Waals surface area contributed by atoms with Crippen molar-refractivity contribution >= 4 is 23.6 Å². The lowest BCUT2D eigenvalue weighted by Gasteiger charge is -2.12. The van der Waals surface area contributed by atoms with Crippen LogP contribution in [-0.2, 0) is 0 Å². The summed E-state index contributed by atoms with van der Waals surface area (Å²) in [6, 6.07) is 13.6. The smallest absolute Gasteiger partial charge is 0.261 e. The SMILES string of the molecule is O=C1c2ccccc2C(=O)N1CCCCO.O=C1c2ccccc2C(=O)N1CCCO. The van der Waals surface area contributed by atoms with Crippen LogP contribution in [0.4, 0.5) is 0 Å². The average Bonchev–Trinajstić information content (AvgIpc) is 3.18. The molecule has 0 spiro atoms. The maximum atomic E-state index is 11.8. The molecule has 0 bridgehead atoms. The Morgan fingerprint density at radius 3 is 1.16 bits per heavy atom. The monoisotopic (exact) mass is 424 g/mol. The summed E-state index contributed by atoms with van der Waals surface area (Å²) < 4.78 is 0. The highest BCUT2D eigenvalue weighted by molar-refractivity contribution is 6.22. The second-order valence-electron chi connectivity index (χ2n) is 7.12. The normalized spacial score (nSPS) is 14.5. The molecule has 2 heterocycles. The minimum Gasteiger partial charge on any atom is -0.396 e. The number of carbonyl (C=O) groups is 4. The average molecular weight is 424 g/mol. The molecule has 4 rings (SSSR count). The number of unbranched alkanes of at least 4 members (excludes halogenated alkanes) is 1. The molecule has 0 aromatic heterocycles.